The fourth-order valence-corrected chi connectivity index (χ4v) is 2.51. The van der Waals surface area contributed by atoms with E-state index in [1.807, 2.05) is 13.2 Å². The highest BCUT2D eigenvalue weighted by Crippen LogP contribution is 2.17. The maximum Gasteiger partial charge on any atom is 0.255 e. The van der Waals surface area contributed by atoms with Crippen LogP contribution in [0, 0.1) is 0 Å². The summed E-state index contributed by atoms with van der Waals surface area (Å²) >= 11 is 5.00. The summed E-state index contributed by atoms with van der Waals surface area (Å²) in [5.41, 5.74) is 2.87. The van der Waals surface area contributed by atoms with Gasteiger partial charge in [0.2, 0.25) is 0 Å². The summed E-state index contributed by atoms with van der Waals surface area (Å²) in [5.74, 6) is 6.43. The number of nitrogens with zero attached hydrogens (tertiary/aromatic N) is 1. The molecule has 1 heterocycles. The number of hydrazine groups is 1. The van der Waals surface area contributed by atoms with Gasteiger partial charge in [-0.15, -0.1) is 0 Å². The highest BCUT2D eigenvalue weighted by Gasteiger charge is 2.16. The van der Waals surface area contributed by atoms with Gasteiger partial charge in [0.05, 0.1) is 5.56 Å². The third-order valence-corrected chi connectivity index (χ3v) is 3.60. The smallest absolute Gasteiger partial charge is 0.255 e. The van der Waals surface area contributed by atoms with Crippen LogP contribution in [0.5, 0.6) is 0 Å². The molecule has 1 atom stereocenters. The molecule has 0 saturated carbocycles. The largest absolute Gasteiger partial charge is 0.348 e. The molecule has 0 spiro atoms. The van der Waals surface area contributed by atoms with Crippen molar-refractivity contribution in [3.8, 4) is 0 Å². The van der Waals surface area contributed by atoms with Crippen molar-refractivity contribution in [3.63, 3.8) is 0 Å². The van der Waals surface area contributed by atoms with Crippen LogP contribution in [0.2, 0.25) is 0 Å². The Morgan fingerprint density at radius 1 is 1.67 bits per heavy atom. The average molecular weight is 333 g/mol. The number of aromatic nitrogens is 1. The third-order valence-electron chi connectivity index (χ3n) is 2.43. The zero-order valence-electron chi connectivity index (χ0n) is 10.4. The van der Waals surface area contributed by atoms with Crippen LogP contribution in [-0.2, 0) is 0 Å². The number of nitrogens with two attached hydrogens (primary N) is 1. The lowest BCUT2D eigenvalue weighted by molar-refractivity contribution is 0.0940. The minimum atomic E-state index is -0.169. The van der Waals surface area contributed by atoms with E-state index in [-0.39, 0.29) is 11.9 Å². The van der Waals surface area contributed by atoms with Crippen LogP contribution in [0.3, 0.4) is 0 Å². The van der Waals surface area contributed by atoms with Crippen LogP contribution >= 0.6 is 27.7 Å². The van der Waals surface area contributed by atoms with E-state index in [2.05, 4.69) is 31.7 Å². The molecule has 0 fully saturated rings. The predicted octanol–water partition coefficient (Wildman–Crippen LogP) is 2.00. The van der Waals surface area contributed by atoms with Crippen LogP contribution in [0.25, 0.3) is 0 Å². The first kappa shape index (κ1) is 15.3. The van der Waals surface area contributed by atoms with Crippen LogP contribution < -0.4 is 16.6 Å². The summed E-state index contributed by atoms with van der Waals surface area (Å²) in [6, 6.07) is 1.85. The summed E-state index contributed by atoms with van der Waals surface area (Å²) in [6.07, 6.45) is 4.49. The molecule has 0 bridgehead atoms. The van der Waals surface area contributed by atoms with Gasteiger partial charge in [-0.25, -0.2) is 10.8 Å². The van der Waals surface area contributed by atoms with Crippen LogP contribution in [0.1, 0.15) is 23.7 Å². The van der Waals surface area contributed by atoms with Gasteiger partial charge >= 0.3 is 0 Å². The summed E-state index contributed by atoms with van der Waals surface area (Å²) < 4.78 is 0.740. The number of pyridine rings is 1. The number of amides is 1. The van der Waals surface area contributed by atoms with Gasteiger partial charge < -0.3 is 10.7 Å². The number of halogens is 1. The lowest BCUT2D eigenvalue weighted by Crippen LogP contribution is -2.36. The van der Waals surface area contributed by atoms with Crippen LogP contribution in [0.4, 0.5) is 5.82 Å². The number of hydrogen-bond donors (Lipinski definition) is 3. The molecule has 1 amide bonds. The fraction of sp³-hybridized carbons (Fsp3) is 0.455. The summed E-state index contributed by atoms with van der Waals surface area (Å²) in [4.78, 5) is 16.2. The molecule has 100 valence electrons. The molecule has 4 N–H and O–H groups in total. The Balaban J connectivity index is 2.85. The summed E-state index contributed by atoms with van der Waals surface area (Å²) in [7, 11) is 0. The Bertz CT molecular complexity index is 416. The van der Waals surface area contributed by atoms with Gasteiger partial charge in [-0.1, -0.05) is 6.92 Å². The van der Waals surface area contributed by atoms with Crippen molar-refractivity contribution < 1.29 is 4.79 Å². The van der Waals surface area contributed by atoms with E-state index in [1.165, 1.54) is 0 Å². The minimum absolute atomic E-state index is 0.150. The van der Waals surface area contributed by atoms with Crippen molar-refractivity contribution in [2.45, 2.75) is 19.4 Å². The molecule has 0 radical (unpaired) electrons. The first-order chi connectivity index (χ1) is 8.62. The van der Waals surface area contributed by atoms with Crippen molar-refractivity contribution in [3.05, 3.63) is 22.3 Å². The molecular formula is C11H17BrN4OS. The number of carbonyl (C=O) groups excluding carboxylic acids is 1. The van der Waals surface area contributed by atoms with Crippen LogP contribution in [0.15, 0.2) is 16.7 Å². The van der Waals surface area contributed by atoms with E-state index < -0.39 is 0 Å². The van der Waals surface area contributed by atoms with E-state index in [0.717, 1.165) is 16.6 Å². The summed E-state index contributed by atoms with van der Waals surface area (Å²) in [5, 5.41) is 2.97. The van der Waals surface area contributed by atoms with Crippen molar-refractivity contribution in [2.24, 2.45) is 5.84 Å². The second-order valence-corrected chi connectivity index (χ2v) is 5.55. The van der Waals surface area contributed by atoms with Gasteiger partial charge in [-0.3, -0.25) is 4.79 Å². The normalized spacial score (nSPS) is 12.0. The van der Waals surface area contributed by atoms with E-state index in [0.29, 0.717) is 11.4 Å². The Kier molecular flexibility index (Phi) is 6.45. The first-order valence-corrected chi connectivity index (χ1v) is 7.73. The standard InChI is InChI=1S/C11H17BrN4OS/c1-3-8(6-18-2)15-11(17)9-4-7(12)5-14-10(9)16-13/h4-5,8H,3,6,13H2,1-2H3,(H,14,16)(H,15,17). The molecule has 0 aliphatic heterocycles. The number of nitrogens with one attached hydrogen (secondary N) is 2. The molecule has 0 saturated heterocycles. The molecular weight excluding hydrogens is 316 g/mol. The molecule has 0 aromatic carbocycles. The average Bonchev–Trinajstić information content (AvgIpc) is 2.38. The quantitative estimate of drug-likeness (QED) is 0.548. The maximum absolute atomic E-state index is 12.1. The predicted molar refractivity (Wildman–Crippen MR) is 79.7 cm³/mol. The van der Waals surface area contributed by atoms with E-state index in [9.17, 15) is 4.79 Å². The highest BCUT2D eigenvalue weighted by molar-refractivity contribution is 9.10. The molecule has 1 aromatic heterocycles. The molecule has 5 nitrogen and oxygen atoms in total. The monoisotopic (exact) mass is 332 g/mol. The SMILES string of the molecule is CCC(CSC)NC(=O)c1cc(Br)cnc1NN. The zero-order chi connectivity index (χ0) is 13.5. The van der Waals surface area contributed by atoms with Gasteiger partial charge in [-0.2, -0.15) is 11.8 Å². The highest BCUT2D eigenvalue weighted by atomic mass is 79.9. The lowest BCUT2D eigenvalue weighted by atomic mass is 10.2. The van der Waals surface area contributed by atoms with Gasteiger partial charge in [0.1, 0.15) is 0 Å². The second kappa shape index (κ2) is 7.60. The topological polar surface area (TPSA) is 80.0 Å². The molecule has 0 aliphatic rings. The molecule has 18 heavy (non-hydrogen) atoms. The maximum atomic E-state index is 12.1. The fourth-order valence-electron chi connectivity index (χ4n) is 1.45. The van der Waals surface area contributed by atoms with Crippen molar-refractivity contribution in [1.29, 1.82) is 0 Å². The minimum Gasteiger partial charge on any atom is -0.348 e. The molecule has 7 heteroatoms. The third kappa shape index (κ3) is 4.15. The van der Waals surface area contributed by atoms with Crippen LogP contribution in [-0.4, -0.2) is 28.9 Å². The Morgan fingerprint density at radius 3 is 2.94 bits per heavy atom. The lowest BCUT2D eigenvalue weighted by Gasteiger charge is -2.16. The first-order valence-electron chi connectivity index (χ1n) is 5.54. The van der Waals surface area contributed by atoms with E-state index >= 15 is 0 Å². The van der Waals surface area contributed by atoms with Gasteiger partial charge in [0, 0.05) is 22.5 Å². The Morgan fingerprint density at radius 2 is 2.39 bits per heavy atom. The molecule has 1 aromatic rings. The number of anilines is 1. The molecule has 1 rings (SSSR count). The van der Waals surface area contributed by atoms with Gasteiger partial charge in [-0.05, 0) is 34.7 Å². The van der Waals surface area contributed by atoms with E-state index in [4.69, 9.17) is 5.84 Å². The number of hydrogen-bond acceptors (Lipinski definition) is 5. The number of rotatable bonds is 6. The van der Waals surface area contributed by atoms with Gasteiger partial charge in [0.25, 0.3) is 5.91 Å². The Labute approximate surface area is 119 Å². The van der Waals surface area contributed by atoms with E-state index in [1.54, 1.807) is 24.0 Å². The molecule has 1 unspecified atom stereocenters. The Hall–Kier alpha value is -0.790. The number of carbonyl (C=O) groups is 1. The zero-order valence-corrected chi connectivity index (χ0v) is 12.8. The van der Waals surface area contributed by atoms with Gasteiger partial charge in [0.15, 0.2) is 5.82 Å². The summed E-state index contributed by atoms with van der Waals surface area (Å²) in [6.45, 7) is 2.04. The number of thioether (sulfide) groups is 1. The van der Waals surface area contributed by atoms with Crippen molar-refractivity contribution >= 4 is 39.4 Å². The van der Waals surface area contributed by atoms with Crippen molar-refractivity contribution in [1.82, 2.24) is 10.3 Å². The number of nitrogen functional groups attached to an aromatic ring is 1. The second-order valence-electron chi connectivity index (χ2n) is 3.73. The molecule has 0 aliphatic carbocycles. The van der Waals surface area contributed by atoms with Crippen molar-refractivity contribution in [2.75, 3.05) is 17.4 Å².